The van der Waals surface area contributed by atoms with Crippen molar-refractivity contribution in [3.05, 3.63) is 0 Å². The Morgan fingerprint density at radius 2 is 2.50 bits per heavy atom. The minimum Gasteiger partial charge on any atom is -0.342 e. The van der Waals surface area contributed by atoms with Crippen LogP contribution in [0.25, 0.3) is 0 Å². The zero-order chi connectivity index (χ0) is 5.98. The van der Waals surface area contributed by atoms with Crippen LogP contribution in [0, 0.1) is 12.3 Å². The van der Waals surface area contributed by atoms with Crippen molar-refractivity contribution < 1.29 is 9.47 Å². The summed E-state index contributed by atoms with van der Waals surface area (Å²) in [5.74, 6) is 2.36. The lowest BCUT2D eigenvalue weighted by molar-refractivity contribution is 0.0729. The molecule has 2 atom stereocenters. The van der Waals surface area contributed by atoms with Crippen molar-refractivity contribution in [1.82, 2.24) is 0 Å². The van der Waals surface area contributed by atoms with E-state index in [2.05, 4.69) is 5.92 Å². The van der Waals surface area contributed by atoms with Crippen LogP contribution in [0.2, 0.25) is 0 Å². The quantitative estimate of drug-likeness (QED) is 0.380. The molecule has 0 bridgehead atoms. The van der Waals surface area contributed by atoms with E-state index in [1.807, 2.05) is 6.92 Å². The van der Waals surface area contributed by atoms with E-state index < -0.39 is 0 Å². The molecule has 8 heavy (non-hydrogen) atoms. The van der Waals surface area contributed by atoms with Gasteiger partial charge in [-0.25, -0.2) is 0 Å². The second-order valence-corrected chi connectivity index (χ2v) is 1.72. The van der Waals surface area contributed by atoms with Gasteiger partial charge in [0.25, 0.3) is 0 Å². The summed E-state index contributed by atoms with van der Waals surface area (Å²) in [6.07, 6.45) is 5.15. The molecule has 1 fully saturated rings. The molecule has 1 heterocycles. The fourth-order valence-electron chi connectivity index (χ4n) is 0.471. The molecule has 2 nitrogen and oxygen atoms in total. The largest absolute Gasteiger partial charge is 0.342 e. The van der Waals surface area contributed by atoms with Crippen molar-refractivity contribution in [2.24, 2.45) is 0 Å². The summed E-state index contributed by atoms with van der Waals surface area (Å²) in [7, 11) is 0. The molecule has 0 aromatic heterocycles. The number of terminal acetylenes is 1. The first kappa shape index (κ1) is 5.61. The van der Waals surface area contributed by atoms with Crippen LogP contribution in [0.1, 0.15) is 6.92 Å². The lowest BCUT2D eigenvalue weighted by atomic mass is 10.5. The molecule has 0 amide bonds. The van der Waals surface area contributed by atoms with Gasteiger partial charge in [-0.1, -0.05) is 5.92 Å². The molecule has 0 aromatic rings. The lowest BCUT2D eigenvalue weighted by Crippen LogP contribution is -1.96. The maximum absolute atomic E-state index is 4.96. The number of ether oxygens (including phenoxy) is 2. The van der Waals surface area contributed by atoms with Crippen LogP contribution in [-0.4, -0.2) is 19.0 Å². The Morgan fingerprint density at radius 3 is 2.88 bits per heavy atom. The van der Waals surface area contributed by atoms with E-state index in [1.165, 1.54) is 0 Å². The molecule has 0 saturated carbocycles. The molecule has 0 N–H and O–H groups in total. The zero-order valence-electron chi connectivity index (χ0n) is 4.76. The molecule has 1 rings (SSSR count). The molecule has 1 aliphatic heterocycles. The molecular weight excluding hydrogens is 104 g/mol. The normalized spacial score (nSPS) is 34.0. The summed E-state index contributed by atoms with van der Waals surface area (Å²) in [4.78, 5) is 0. The second kappa shape index (κ2) is 2.17. The maximum Gasteiger partial charge on any atom is 0.185 e. The van der Waals surface area contributed by atoms with Crippen molar-refractivity contribution in [3.63, 3.8) is 0 Å². The molecule has 0 radical (unpaired) electrons. The Bertz CT molecular complexity index is 114. The first-order chi connectivity index (χ1) is 3.84. The summed E-state index contributed by atoms with van der Waals surface area (Å²) in [6, 6.07) is 0. The highest BCUT2D eigenvalue weighted by Gasteiger charge is 2.34. The third kappa shape index (κ3) is 1.22. The van der Waals surface area contributed by atoms with Crippen molar-refractivity contribution in [1.29, 1.82) is 0 Å². The molecular formula is C6H8O2. The molecule has 44 valence electrons. The number of hydrogen-bond donors (Lipinski definition) is 0. The van der Waals surface area contributed by atoms with Crippen LogP contribution < -0.4 is 0 Å². The van der Waals surface area contributed by atoms with Gasteiger partial charge in [-0.05, 0) is 6.92 Å². The fourth-order valence-corrected chi connectivity index (χ4v) is 0.471. The van der Waals surface area contributed by atoms with Gasteiger partial charge >= 0.3 is 0 Å². The molecule has 2 heteroatoms. The number of hydrogen-bond acceptors (Lipinski definition) is 2. The van der Waals surface area contributed by atoms with E-state index in [0.717, 1.165) is 0 Å². The predicted octanol–water partition coefficient (Wildman–Crippen LogP) is 0.381. The Kier molecular flexibility index (Phi) is 1.52. The predicted molar refractivity (Wildman–Crippen MR) is 29.1 cm³/mol. The van der Waals surface area contributed by atoms with Gasteiger partial charge < -0.3 is 9.47 Å². The van der Waals surface area contributed by atoms with Gasteiger partial charge in [-0.15, -0.1) is 6.42 Å². The summed E-state index contributed by atoms with van der Waals surface area (Å²) in [6.45, 7) is 2.30. The molecule has 1 aliphatic rings. The third-order valence-corrected chi connectivity index (χ3v) is 0.986. The van der Waals surface area contributed by atoms with Gasteiger partial charge in [0.15, 0.2) is 6.29 Å². The Balaban J connectivity index is 1.99. The third-order valence-electron chi connectivity index (χ3n) is 0.986. The molecule has 1 saturated heterocycles. The smallest absolute Gasteiger partial charge is 0.185 e. The number of rotatable bonds is 2. The van der Waals surface area contributed by atoms with Gasteiger partial charge in [-0.2, -0.15) is 0 Å². The van der Waals surface area contributed by atoms with Crippen molar-refractivity contribution in [2.45, 2.75) is 19.3 Å². The first-order valence-corrected chi connectivity index (χ1v) is 2.55. The summed E-state index contributed by atoms with van der Waals surface area (Å²) in [5.41, 5.74) is 0. The second-order valence-electron chi connectivity index (χ2n) is 1.72. The molecule has 0 aliphatic carbocycles. The Hall–Kier alpha value is -0.520. The lowest BCUT2D eigenvalue weighted by Gasteiger charge is -1.87. The standard InChI is InChI=1S/C6H8O2/c1-3-4-7-6-5(2)8-6/h1,5-6H,4H2,2H3. The van der Waals surface area contributed by atoms with Gasteiger partial charge in [0.05, 0.1) is 0 Å². The van der Waals surface area contributed by atoms with Gasteiger partial charge in [0.2, 0.25) is 0 Å². The highest BCUT2D eigenvalue weighted by molar-refractivity contribution is 4.84. The van der Waals surface area contributed by atoms with Crippen LogP contribution in [0.4, 0.5) is 0 Å². The maximum atomic E-state index is 4.96. The topological polar surface area (TPSA) is 21.8 Å². The van der Waals surface area contributed by atoms with E-state index in [1.54, 1.807) is 0 Å². The highest BCUT2D eigenvalue weighted by atomic mass is 16.8. The SMILES string of the molecule is C#CCOC1OC1C. The minimum atomic E-state index is -0.0222. The van der Waals surface area contributed by atoms with Crippen LogP contribution in [0.3, 0.4) is 0 Å². The van der Waals surface area contributed by atoms with Crippen molar-refractivity contribution in [3.8, 4) is 12.3 Å². The van der Waals surface area contributed by atoms with Gasteiger partial charge in [-0.3, -0.25) is 0 Å². The summed E-state index contributed by atoms with van der Waals surface area (Å²) in [5, 5.41) is 0. The van der Waals surface area contributed by atoms with Crippen LogP contribution in [-0.2, 0) is 9.47 Å². The monoisotopic (exact) mass is 112 g/mol. The van der Waals surface area contributed by atoms with E-state index in [-0.39, 0.29) is 12.4 Å². The van der Waals surface area contributed by atoms with Crippen molar-refractivity contribution >= 4 is 0 Å². The van der Waals surface area contributed by atoms with E-state index in [4.69, 9.17) is 15.9 Å². The summed E-state index contributed by atoms with van der Waals surface area (Å²) < 4.78 is 9.86. The van der Waals surface area contributed by atoms with Crippen LogP contribution in [0.15, 0.2) is 0 Å². The summed E-state index contributed by atoms with van der Waals surface area (Å²) >= 11 is 0. The molecule has 0 aromatic carbocycles. The fraction of sp³-hybridized carbons (Fsp3) is 0.667. The zero-order valence-corrected chi connectivity index (χ0v) is 4.76. The van der Waals surface area contributed by atoms with E-state index in [9.17, 15) is 0 Å². The van der Waals surface area contributed by atoms with E-state index in [0.29, 0.717) is 6.61 Å². The van der Waals surface area contributed by atoms with Crippen LogP contribution in [0.5, 0.6) is 0 Å². The average Bonchev–Trinajstić information content (AvgIpc) is 2.42. The molecule has 2 unspecified atom stereocenters. The number of epoxide rings is 1. The highest BCUT2D eigenvalue weighted by Crippen LogP contribution is 2.21. The Labute approximate surface area is 48.8 Å². The first-order valence-electron chi connectivity index (χ1n) is 2.55. The Morgan fingerprint density at radius 1 is 1.88 bits per heavy atom. The van der Waals surface area contributed by atoms with Gasteiger partial charge in [0, 0.05) is 0 Å². The van der Waals surface area contributed by atoms with E-state index >= 15 is 0 Å². The molecule has 0 spiro atoms. The minimum absolute atomic E-state index is 0.0222. The van der Waals surface area contributed by atoms with Crippen molar-refractivity contribution in [2.75, 3.05) is 6.61 Å². The van der Waals surface area contributed by atoms with Crippen LogP contribution >= 0.6 is 0 Å². The average molecular weight is 112 g/mol. The van der Waals surface area contributed by atoms with Gasteiger partial charge in [0.1, 0.15) is 12.7 Å².